The Kier molecular flexibility index (Phi) is 33.7. The van der Waals surface area contributed by atoms with E-state index in [4.69, 9.17) is 18.9 Å². The van der Waals surface area contributed by atoms with Crippen molar-refractivity contribution in [2.75, 3.05) is 19.0 Å². The minimum Gasteiger partial charge on any atom is -0.462 e. The summed E-state index contributed by atoms with van der Waals surface area (Å²) in [5, 5.41) is 30.9. The van der Waals surface area contributed by atoms with Crippen molar-refractivity contribution in [1.82, 2.24) is 0 Å². The highest BCUT2D eigenvalue weighted by Gasteiger charge is 2.46. The number of esters is 2. The Labute approximate surface area is 361 Å². The van der Waals surface area contributed by atoms with Gasteiger partial charge in [-0.2, -0.15) is 8.42 Å². The molecule has 1 rings (SSSR count). The van der Waals surface area contributed by atoms with E-state index in [1.54, 1.807) is 0 Å². The third-order valence-electron chi connectivity index (χ3n) is 9.86. The van der Waals surface area contributed by atoms with Gasteiger partial charge in [-0.3, -0.25) is 14.1 Å². The van der Waals surface area contributed by atoms with E-state index in [1.165, 1.54) is 57.8 Å². The second-order valence-electron chi connectivity index (χ2n) is 15.4. The first kappa shape index (κ1) is 55.1. The second-order valence-corrected chi connectivity index (χ2v) is 16.9. The van der Waals surface area contributed by atoms with Gasteiger partial charge in [-0.1, -0.05) is 157 Å². The zero-order valence-electron chi connectivity index (χ0n) is 36.5. The third-order valence-corrected chi connectivity index (χ3v) is 10.6. The molecule has 1 aliphatic rings. The van der Waals surface area contributed by atoms with Gasteiger partial charge in [0.15, 0.2) is 12.4 Å². The lowest BCUT2D eigenvalue weighted by Gasteiger charge is -2.40. The molecule has 0 aliphatic carbocycles. The van der Waals surface area contributed by atoms with Gasteiger partial charge in [-0.05, 0) is 57.8 Å². The molecule has 0 saturated carbocycles. The number of aliphatic hydroxyl groups is 3. The van der Waals surface area contributed by atoms with Crippen LogP contribution in [0.15, 0.2) is 72.9 Å². The Morgan fingerprint density at radius 2 is 1.13 bits per heavy atom. The van der Waals surface area contributed by atoms with Crippen molar-refractivity contribution in [3.05, 3.63) is 72.9 Å². The molecule has 1 heterocycles. The molecule has 0 radical (unpaired) electrons. The van der Waals surface area contributed by atoms with Crippen molar-refractivity contribution in [2.45, 2.75) is 192 Å². The number of ether oxygens (including phenoxy) is 4. The van der Waals surface area contributed by atoms with Gasteiger partial charge >= 0.3 is 11.9 Å². The number of unbranched alkanes of at least 4 members (excludes halogenated alkanes) is 15. The molecule has 0 bridgehead atoms. The van der Waals surface area contributed by atoms with Gasteiger partial charge in [-0.15, -0.1) is 0 Å². The number of hydrogen-bond acceptors (Lipinski definition) is 11. The minimum absolute atomic E-state index is 0.0912. The Hall–Kier alpha value is -2.91. The van der Waals surface area contributed by atoms with Crippen LogP contribution in [0.3, 0.4) is 0 Å². The smallest absolute Gasteiger partial charge is 0.306 e. The summed E-state index contributed by atoms with van der Waals surface area (Å²) in [7, 11) is -4.61. The average Bonchev–Trinajstić information content (AvgIpc) is 3.21. The van der Waals surface area contributed by atoms with Crippen LogP contribution in [0.5, 0.6) is 0 Å². The van der Waals surface area contributed by atoms with Gasteiger partial charge < -0.3 is 34.3 Å². The van der Waals surface area contributed by atoms with Crippen LogP contribution in [-0.2, 0) is 38.7 Å². The summed E-state index contributed by atoms with van der Waals surface area (Å²) < 4.78 is 54.0. The molecule has 12 nitrogen and oxygen atoms in total. The van der Waals surface area contributed by atoms with E-state index in [-0.39, 0.29) is 19.4 Å². The number of rotatable bonds is 36. The van der Waals surface area contributed by atoms with E-state index in [9.17, 15) is 37.9 Å². The molecule has 13 heteroatoms. The standard InChI is InChI=1S/C47H78O12S/c1-3-5-7-9-11-13-15-17-19-20-22-24-26-28-30-32-34-36-43(49)58-40(38-57-47-46(52)45(51)44(50)41(59-47)39-60(53,54)55)37-56-42(48)35-33-31-29-27-25-23-21-18-16-14-12-10-8-6-4-2/h6,8,10,12,14,16,18,21-22,24,28,30,40-41,44-47,50-52H,3-5,7,9,11,13,15,17,19-20,23,25-27,29,31-39H2,1-2H3,(H,53,54,55)/b8-6+,12-10+,16-14+,21-18+,24-22+,30-28+/t40-,41-,44-,45?,46?,47+/m1/s1. The molecule has 6 atom stereocenters. The van der Waals surface area contributed by atoms with E-state index < -0.39 is 71.2 Å². The summed E-state index contributed by atoms with van der Waals surface area (Å²) in [4.78, 5) is 25.4. The van der Waals surface area contributed by atoms with E-state index >= 15 is 0 Å². The number of allylic oxidation sites excluding steroid dienone is 12. The van der Waals surface area contributed by atoms with Gasteiger partial charge in [0.25, 0.3) is 10.1 Å². The maximum absolute atomic E-state index is 12.8. The van der Waals surface area contributed by atoms with Crippen molar-refractivity contribution < 1.29 is 56.8 Å². The zero-order chi connectivity index (χ0) is 44.1. The first-order valence-electron chi connectivity index (χ1n) is 22.5. The molecule has 60 heavy (non-hydrogen) atoms. The van der Waals surface area contributed by atoms with Gasteiger partial charge in [0, 0.05) is 12.8 Å². The largest absolute Gasteiger partial charge is 0.462 e. The van der Waals surface area contributed by atoms with Crippen LogP contribution in [0.1, 0.15) is 155 Å². The monoisotopic (exact) mass is 867 g/mol. The molecule has 0 spiro atoms. The topological polar surface area (TPSA) is 186 Å². The van der Waals surface area contributed by atoms with Crippen LogP contribution in [-0.4, -0.2) is 96.0 Å². The molecule has 0 aromatic rings. The molecular formula is C47H78O12S. The molecule has 1 aliphatic heterocycles. The molecule has 0 amide bonds. The van der Waals surface area contributed by atoms with Crippen molar-refractivity contribution in [3.8, 4) is 0 Å². The first-order valence-corrected chi connectivity index (χ1v) is 24.2. The lowest BCUT2D eigenvalue weighted by molar-refractivity contribution is -0.297. The molecule has 0 aromatic carbocycles. The van der Waals surface area contributed by atoms with Crippen LogP contribution >= 0.6 is 0 Å². The lowest BCUT2D eigenvalue weighted by Crippen LogP contribution is -2.60. The van der Waals surface area contributed by atoms with E-state index in [0.717, 1.165) is 51.4 Å². The summed E-state index contributed by atoms with van der Waals surface area (Å²) in [6.07, 6.45) is 36.7. The van der Waals surface area contributed by atoms with Crippen LogP contribution < -0.4 is 0 Å². The van der Waals surface area contributed by atoms with E-state index in [1.807, 2.05) is 42.5 Å². The van der Waals surface area contributed by atoms with Crippen LogP contribution in [0, 0.1) is 0 Å². The second kappa shape index (κ2) is 36.7. The summed E-state index contributed by atoms with van der Waals surface area (Å²) >= 11 is 0. The summed E-state index contributed by atoms with van der Waals surface area (Å²) in [5.74, 6) is -2.08. The normalized spacial score (nSPS) is 20.8. The maximum Gasteiger partial charge on any atom is 0.306 e. The number of carbonyl (C=O) groups is 2. The maximum atomic E-state index is 12.8. The van der Waals surface area contributed by atoms with E-state index in [0.29, 0.717) is 19.3 Å². The molecule has 0 aromatic heterocycles. The predicted octanol–water partition coefficient (Wildman–Crippen LogP) is 9.11. The van der Waals surface area contributed by atoms with Crippen molar-refractivity contribution in [3.63, 3.8) is 0 Å². The van der Waals surface area contributed by atoms with Crippen molar-refractivity contribution in [2.24, 2.45) is 0 Å². The highest BCUT2D eigenvalue weighted by molar-refractivity contribution is 7.85. The van der Waals surface area contributed by atoms with Gasteiger partial charge in [0.05, 0.1) is 6.61 Å². The SMILES string of the molecule is CC/C=C/C=C/C=C/C=C/CCCCCCCC(=O)OC[C@H](CO[C@H]1O[C@H](CS(=O)(=O)O)[C@@H](O)C(O)C1O)OC(=O)CCC/C=C/C/C=C/CCCCCCCCCCC. The summed E-state index contributed by atoms with van der Waals surface area (Å²) in [5.41, 5.74) is 0. The van der Waals surface area contributed by atoms with Gasteiger partial charge in [0.2, 0.25) is 0 Å². The molecule has 2 unspecified atom stereocenters. The fraction of sp³-hybridized carbons (Fsp3) is 0.702. The van der Waals surface area contributed by atoms with Crippen molar-refractivity contribution >= 4 is 22.1 Å². The van der Waals surface area contributed by atoms with Crippen molar-refractivity contribution in [1.29, 1.82) is 0 Å². The minimum atomic E-state index is -4.61. The highest BCUT2D eigenvalue weighted by Crippen LogP contribution is 2.24. The Balaban J connectivity index is 2.50. The number of hydrogen-bond donors (Lipinski definition) is 4. The molecule has 1 saturated heterocycles. The van der Waals surface area contributed by atoms with E-state index in [2.05, 4.69) is 44.2 Å². The quantitative estimate of drug-likeness (QED) is 0.0154. The fourth-order valence-corrected chi connectivity index (χ4v) is 7.06. The molecule has 1 fully saturated rings. The van der Waals surface area contributed by atoms with Crippen LogP contribution in [0.25, 0.3) is 0 Å². The third kappa shape index (κ3) is 31.0. The van der Waals surface area contributed by atoms with Crippen LogP contribution in [0.4, 0.5) is 0 Å². The van der Waals surface area contributed by atoms with Crippen LogP contribution in [0.2, 0.25) is 0 Å². The molecule has 344 valence electrons. The summed E-state index contributed by atoms with van der Waals surface area (Å²) in [6.45, 7) is 3.55. The zero-order valence-corrected chi connectivity index (χ0v) is 37.3. The number of aliphatic hydroxyl groups excluding tert-OH is 3. The first-order chi connectivity index (χ1) is 29.0. The van der Waals surface area contributed by atoms with Gasteiger partial charge in [0.1, 0.15) is 36.8 Å². The molecule has 4 N–H and O–H groups in total. The lowest BCUT2D eigenvalue weighted by atomic mass is 10.00. The Morgan fingerprint density at radius 3 is 1.75 bits per heavy atom. The average molecular weight is 867 g/mol. The number of carbonyl (C=O) groups excluding carboxylic acids is 2. The predicted molar refractivity (Wildman–Crippen MR) is 238 cm³/mol. The highest BCUT2D eigenvalue weighted by atomic mass is 32.2. The fourth-order valence-electron chi connectivity index (χ4n) is 6.37. The Morgan fingerprint density at radius 1 is 0.600 bits per heavy atom. The van der Waals surface area contributed by atoms with Gasteiger partial charge in [-0.25, -0.2) is 0 Å². The molecular weight excluding hydrogens is 789 g/mol. The Bertz CT molecular complexity index is 1390. The summed E-state index contributed by atoms with van der Waals surface area (Å²) in [6, 6.07) is 0.